The van der Waals surface area contributed by atoms with Gasteiger partial charge < -0.3 is 15.0 Å². The Bertz CT molecular complexity index is 899. The number of nitrogens with one attached hydrogen (secondary N) is 1. The van der Waals surface area contributed by atoms with Gasteiger partial charge in [-0.3, -0.25) is 9.78 Å². The van der Waals surface area contributed by atoms with Crippen molar-refractivity contribution < 1.29 is 11.0 Å². The third-order valence-electron chi connectivity index (χ3n) is 5.91. The van der Waals surface area contributed by atoms with Gasteiger partial charge in [0.1, 0.15) is 11.4 Å². The van der Waals surface area contributed by atoms with E-state index in [0.29, 0.717) is 18.7 Å². The fraction of sp³-hybridized carbons (Fsp3) is 0.417. The summed E-state index contributed by atoms with van der Waals surface area (Å²) in [5.74, 6) is 0.943. The first-order valence-corrected chi connectivity index (χ1v) is 10.6. The highest BCUT2D eigenvalue weighted by molar-refractivity contribution is 5.94. The van der Waals surface area contributed by atoms with Crippen molar-refractivity contribution in [3.63, 3.8) is 0 Å². The van der Waals surface area contributed by atoms with E-state index >= 15 is 0 Å². The minimum absolute atomic E-state index is 0. The van der Waals surface area contributed by atoms with Gasteiger partial charge in [-0.25, -0.2) is 0 Å². The van der Waals surface area contributed by atoms with Crippen LogP contribution in [0, 0.1) is 0 Å². The molecular formula is C24H31N3O2. The van der Waals surface area contributed by atoms with Crippen molar-refractivity contribution in [1.29, 1.82) is 0 Å². The number of fused-ring (bicyclic) bond motifs is 1. The number of amides is 1. The highest BCUT2D eigenvalue weighted by Crippen LogP contribution is 2.42. The van der Waals surface area contributed by atoms with E-state index in [1.807, 2.05) is 49.1 Å². The Morgan fingerprint density at radius 3 is 2.76 bits per heavy atom. The predicted octanol–water partition coefficient (Wildman–Crippen LogP) is 4.15. The minimum Gasteiger partial charge on any atom is -0.482 e. The second-order valence-electron chi connectivity index (χ2n) is 7.73. The maximum atomic E-state index is 12.6. The number of para-hydroxylation sites is 1. The summed E-state index contributed by atoms with van der Waals surface area (Å²) in [6, 6.07) is 12.0. The second kappa shape index (κ2) is 8.37. The molecule has 1 saturated heterocycles. The number of hydrogen-bond donors (Lipinski definition) is 1. The van der Waals surface area contributed by atoms with Gasteiger partial charge in [0.25, 0.3) is 5.91 Å². The molecule has 2 aromatic rings. The Balaban J connectivity index is 0.00000256. The standard InChI is InChI=1S/C24H29N3O2.H2/c1-3-27(4-2)23(28)18-10-11-21(26-17-18)20-16-24(12-7-14-25-15-13-24)29-22-9-6-5-8-19(20)22;/h5-6,8-11,16-17,25H,3-4,7,12-15H2,1-2H3;1H. The lowest BCUT2D eigenvalue weighted by Crippen LogP contribution is -2.37. The number of carbonyl (C=O) groups excluding carboxylic acids is 1. The molecular weight excluding hydrogens is 362 g/mol. The summed E-state index contributed by atoms with van der Waals surface area (Å²) in [6.07, 6.45) is 6.96. The average Bonchev–Trinajstić information content (AvgIpc) is 2.99. The van der Waals surface area contributed by atoms with Crippen LogP contribution in [0.25, 0.3) is 5.57 Å². The number of pyridine rings is 1. The van der Waals surface area contributed by atoms with Crippen LogP contribution < -0.4 is 10.1 Å². The molecule has 0 radical (unpaired) electrons. The molecule has 0 bridgehead atoms. The zero-order valence-corrected chi connectivity index (χ0v) is 17.3. The fourth-order valence-corrected chi connectivity index (χ4v) is 4.26. The van der Waals surface area contributed by atoms with E-state index in [1.165, 1.54) is 0 Å². The number of rotatable bonds is 4. The van der Waals surface area contributed by atoms with E-state index < -0.39 is 0 Å². The van der Waals surface area contributed by atoms with Crippen molar-refractivity contribution in [2.24, 2.45) is 0 Å². The average molecular weight is 394 g/mol. The molecule has 0 saturated carbocycles. The third kappa shape index (κ3) is 3.92. The van der Waals surface area contributed by atoms with Crippen molar-refractivity contribution in [3.8, 4) is 5.75 Å². The largest absolute Gasteiger partial charge is 0.482 e. The van der Waals surface area contributed by atoms with Crippen molar-refractivity contribution in [1.82, 2.24) is 15.2 Å². The van der Waals surface area contributed by atoms with Crippen molar-refractivity contribution in [2.45, 2.75) is 38.7 Å². The van der Waals surface area contributed by atoms with E-state index in [0.717, 1.165) is 54.9 Å². The van der Waals surface area contributed by atoms with E-state index in [9.17, 15) is 4.79 Å². The molecule has 3 heterocycles. The van der Waals surface area contributed by atoms with Crippen LogP contribution in [-0.2, 0) is 0 Å². The van der Waals surface area contributed by atoms with Gasteiger partial charge in [-0.1, -0.05) is 18.2 Å². The lowest BCUT2D eigenvalue weighted by atomic mass is 9.85. The first-order valence-electron chi connectivity index (χ1n) is 10.6. The summed E-state index contributed by atoms with van der Waals surface area (Å²) in [7, 11) is 0. The van der Waals surface area contributed by atoms with Crippen molar-refractivity contribution in [3.05, 3.63) is 65.5 Å². The number of hydrogen-bond acceptors (Lipinski definition) is 4. The maximum Gasteiger partial charge on any atom is 0.255 e. The molecule has 1 N–H and O–H groups in total. The van der Waals surface area contributed by atoms with E-state index in [1.54, 1.807) is 6.20 Å². The van der Waals surface area contributed by atoms with Crippen LogP contribution in [-0.4, -0.2) is 47.6 Å². The molecule has 2 aliphatic heterocycles. The van der Waals surface area contributed by atoms with Gasteiger partial charge in [0.2, 0.25) is 0 Å². The van der Waals surface area contributed by atoms with Gasteiger partial charge in [0.15, 0.2) is 0 Å². The zero-order valence-electron chi connectivity index (χ0n) is 17.3. The molecule has 154 valence electrons. The molecule has 4 rings (SSSR count). The molecule has 5 nitrogen and oxygen atoms in total. The number of nitrogens with zero attached hydrogens (tertiary/aromatic N) is 2. The van der Waals surface area contributed by atoms with Gasteiger partial charge in [0.05, 0.1) is 11.3 Å². The monoisotopic (exact) mass is 393 g/mol. The first kappa shape index (κ1) is 19.6. The molecule has 1 unspecified atom stereocenters. The summed E-state index contributed by atoms with van der Waals surface area (Å²) < 4.78 is 6.51. The molecule has 1 atom stereocenters. The van der Waals surface area contributed by atoms with Gasteiger partial charge >= 0.3 is 0 Å². The van der Waals surface area contributed by atoms with Gasteiger partial charge in [0, 0.05) is 38.3 Å². The second-order valence-corrected chi connectivity index (χ2v) is 7.73. The van der Waals surface area contributed by atoms with Gasteiger partial charge in [-0.05, 0) is 64.1 Å². The molecule has 1 aromatic heterocycles. The van der Waals surface area contributed by atoms with Crippen LogP contribution in [0.2, 0.25) is 0 Å². The third-order valence-corrected chi connectivity index (χ3v) is 5.91. The van der Waals surface area contributed by atoms with E-state index in [-0.39, 0.29) is 12.9 Å². The topological polar surface area (TPSA) is 54.5 Å². The minimum atomic E-state index is -0.301. The summed E-state index contributed by atoms with van der Waals surface area (Å²) >= 11 is 0. The zero-order chi connectivity index (χ0) is 20.3. The summed E-state index contributed by atoms with van der Waals surface area (Å²) in [6.45, 7) is 7.35. The smallest absolute Gasteiger partial charge is 0.255 e. The first-order chi connectivity index (χ1) is 14.2. The Labute approximate surface area is 174 Å². The number of benzene rings is 1. The molecule has 1 spiro atoms. The molecule has 1 amide bonds. The molecule has 5 heteroatoms. The van der Waals surface area contributed by atoms with E-state index in [2.05, 4.69) is 22.4 Å². The van der Waals surface area contributed by atoms with Gasteiger partial charge in [-0.15, -0.1) is 0 Å². The Morgan fingerprint density at radius 1 is 1.17 bits per heavy atom. The van der Waals surface area contributed by atoms with Crippen molar-refractivity contribution >= 4 is 11.5 Å². The van der Waals surface area contributed by atoms with Crippen LogP contribution in [0.3, 0.4) is 0 Å². The highest BCUT2D eigenvalue weighted by atomic mass is 16.5. The maximum absolute atomic E-state index is 12.6. The van der Waals surface area contributed by atoms with Crippen LogP contribution >= 0.6 is 0 Å². The van der Waals surface area contributed by atoms with Crippen LogP contribution in [0.4, 0.5) is 0 Å². The Kier molecular flexibility index (Phi) is 5.67. The fourth-order valence-electron chi connectivity index (χ4n) is 4.26. The van der Waals surface area contributed by atoms with Crippen LogP contribution in [0.15, 0.2) is 48.7 Å². The van der Waals surface area contributed by atoms with Crippen LogP contribution in [0.1, 0.15) is 56.2 Å². The molecule has 2 aliphatic rings. The summed E-state index contributed by atoms with van der Waals surface area (Å²) in [4.78, 5) is 19.1. The summed E-state index contributed by atoms with van der Waals surface area (Å²) in [5.41, 5.74) is 3.37. The quantitative estimate of drug-likeness (QED) is 0.848. The highest BCUT2D eigenvalue weighted by Gasteiger charge is 2.36. The Hall–Kier alpha value is -2.66. The number of aromatic nitrogens is 1. The Morgan fingerprint density at radius 2 is 2.00 bits per heavy atom. The van der Waals surface area contributed by atoms with Crippen LogP contribution in [0.5, 0.6) is 5.75 Å². The lowest BCUT2D eigenvalue weighted by Gasteiger charge is -2.36. The number of ether oxygens (including phenoxy) is 1. The summed E-state index contributed by atoms with van der Waals surface area (Å²) in [5, 5.41) is 3.47. The molecule has 1 aromatic carbocycles. The molecule has 29 heavy (non-hydrogen) atoms. The molecule has 1 fully saturated rings. The molecule has 0 aliphatic carbocycles. The number of carbonyl (C=O) groups is 1. The van der Waals surface area contributed by atoms with Gasteiger partial charge in [-0.2, -0.15) is 0 Å². The predicted molar refractivity (Wildman–Crippen MR) is 117 cm³/mol. The normalized spacial score (nSPS) is 21.0. The lowest BCUT2D eigenvalue weighted by molar-refractivity contribution is 0.0772. The van der Waals surface area contributed by atoms with Crippen molar-refractivity contribution in [2.75, 3.05) is 26.2 Å². The van der Waals surface area contributed by atoms with E-state index in [4.69, 9.17) is 4.74 Å². The SMILES string of the molecule is CCN(CC)C(=O)c1ccc(C2=CC3(CCCNCC3)Oc3ccccc32)nc1.[HH].